The van der Waals surface area contributed by atoms with E-state index in [1.54, 1.807) is 0 Å². The summed E-state index contributed by atoms with van der Waals surface area (Å²) in [5.74, 6) is 0. The minimum atomic E-state index is -4.10. The molecule has 0 aromatic heterocycles. The predicted molar refractivity (Wildman–Crippen MR) is 64.2 cm³/mol. The van der Waals surface area contributed by atoms with Crippen molar-refractivity contribution in [1.82, 2.24) is 10.2 Å². The fourth-order valence-electron chi connectivity index (χ4n) is 2.30. The molecule has 1 aliphatic rings. The third kappa shape index (κ3) is 3.99. The van der Waals surface area contributed by atoms with Crippen molar-refractivity contribution in [3.8, 4) is 0 Å². The normalized spacial score (nSPS) is 22.1. The van der Waals surface area contributed by atoms with Crippen LogP contribution in [0.2, 0.25) is 0 Å². The Bertz CT molecular complexity index is 364. The van der Waals surface area contributed by atoms with Gasteiger partial charge in [-0.3, -0.25) is 4.90 Å². The monoisotopic (exact) mass is 258 g/mol. The van der Waals surface area contributed by atoms with E-state index < -0.39 is 18.6 Å². The van der Waals surface area contributed by atoms with Crippen LogP contribution in [-0.4, -0.2) is 36.8 Å². The Hall–Kier alpha value is -1.07. The van der Waals surface area contributed by atoms with Crippen molar-refractivity contribution in [2.45, 2.75) is 25.2 Å². The molecule has 1 aromatic carbocycles. The van der Waals surface area contributed by atoms with Crippen LogP contribution in [0.5, 0.6) is 0 Å². The number of rotatable bonds is 3. The Balaban J connectivity index is 2.00. The van der Waals surface area contributed by atoms with E-state index in [0.717, 1.165) is 12.1 Å². The topological polar surface area (TPSA) is 15.3 Å². The van der Waals surface area contributed by atoms with Gasteiger partial charge in [0.2, 0.25) is 0 Å². The van der Waals surface area contributed by atoms with E-state index in [4.69, 9.17) is 0 Å². The number of halogens is 3. The molecule has 0 unspecified atom stereocenters. The molecule has 100 valence electrons. The zero-order chi connectivity index (χ0) is 13.0. The molecule has 1 N–H and O–H groups in total. The fourth-order valence-corrected chi connectivity index (χ4v) is 2.30. The Morgan fingerprint density at radius 1 is 1.22 bits per heavy atom. The lowest BCUT2D eigenvalue weighted by Gasteiger charge is -2.36. The molecular formula is C13H17F3N2. The van der Waals surface area contributed by atoms with E-state index in [9.17, 15) is 13.2 Å². The van der Waals surface area contributed by atoms with Crippen LogP contribution in [0, 0.1) is 0 Å². The third-order valence-corrected chi connectivity index (χ3v) is 3.17. The average Bonchev–Trinajstić information content (AvgIpc) is 2.31. The molecule has 0 radical (unpaired) electrons. The summed E-state index contributed by atoms with van der Waals surface area (Å²) in [6.07, 6.45) is -4.84. The van der Waals surface area contributed by atoms with Crippen LogP contribution in [0.3, 0.4) is 0 Å². The van der Waals surface area contributed by atoms with Gasteiger partial charge in [-0.25, -0.2) is 0 Å². The van der Waals surface area contributed by atoms with Gasteiger partial charge >= 0.3 is 6.18 Å². The highest BCUT2D eigenvalue weighted by Crippen LogP contribution is 2.25. The molecule has 5 heteroatoms. The Kier molecular flexibility index (Phi) is 4.24. The largest absolute Gasteiger partial charge is 0.390 e. The van der Waals surface area contributed by atoms with Crippen molar-refractivity contribution in [2.75, 3.05) is 19.6 Å². The van der Waals surface area contributed by atoms with Crippen LogP contribution in [0.15, 0.2) is 30.3 Å². The number of hydrogen-bond donors (Lipinski definition) is 1. The molecule has 0 aliphatic carbocycles. The minimum absolute atomic E-state index is 0.409. The zero-order valence-corrected chi connectivity index (χ0v) is 10.1. The van der Waals surface area contributed by atoms with Gasteiger partial charge in [0.15, 0.2) is 0 Å². The van der Waals surface area contributed by atoms with Gasteiger partial charge in [0.1, 0.15) is 0 Å². The molecule has 0 bridgehead atoms. The van der Waals surface area contributed by atoms with E-state index in [1.165, 1.54) is 0 Å². The first-order valence-corrected chi connectivity index (χ1v) is 6.10. The average molecular weight is 258 g/mol. The highest BCUT2D eigenvalue weighted by atomic mass is 19.4. The van der Waals surface area contributed by atoms with Crippen molar-refractivity contribution in [1.29, 1.82) is 0 Å². The first kappa shape index (κ1) is 13.4. The standard InChI is InChI=1S/C13H17F3N2/c14-13(15,16)8-12-9-17-6-7-18(12)10-11-4-2-1-3-5-11/h1-5,12,17H,6-10H2/t12-/m1/s1. The zero-order valence-electron chi connectivity index (χ0n) is 10.1. The number of nitrogens with zero attached hydrogens (tertiary/aromatic N) is 1. The number of alkyl halides is 3. The second kappa shape index (κ2) is 5.71. The molecule has 1 heterocycles. The van der Waals surface area contributed by atoms with E-state index in [1.807, 2.05) is 35.2 Å². The second-order valence-electron chi connectivity index (χ2n) is 4.63. The van der Waals surface area contributed by atoms with Gasteiger partial charge in [-0.1, -0.05) is 30.3 Å². The minimum Gasteiger partial charge on any atom is -0.314 e. The van der Waals surface area contributed by atoms with Gasteiger partial charge in [0.25, 0.3) is 0 Å². The van der Waals surface area contributed by atoms with E-state index >= 15 is 0 Å². The summed E-state index contributed by atoms with van der Waals surface area (Å²) >= 11 is 0. The van der Waals surface area contributed by atoms with Crippen LogP contribution < -0.4 is 5.32 Å². The molecule has 0 amide bonds. The fraction of sp³-hybridized carbons (Fsp3) is 0.538. The molecule has 0 spiro atoms. The van der Waals surface area contributed by atoms with Crippen LogP contribution in [0.25, 0.3) is 0 Å². The van der Waals surface area contributed by atoms with Gasteiger partial charge in [0, 0.05) is 32.2 Å². The van der Waals surface area contributed by atoms with Crippen molar-refractivity contribution in [3.05, 3.63) is 35.9 Å². The van der Waals surface area contributed by atoms with Crippen molar-refractivity contribution in [3.63, 3.8) is 0 Å². The molecule has 1 saturated heterocycles. The van der Waals surface area contributed by atoms with Crippen LogP contribution in [0.4, 0.5) is 13.2 Å². The van der Waals surface area contributed by atoms with Crippen molar-refractivity contribution in [2.24, 2.45) is 0 Å². The van der Waals surface area contributed by atoms with Gasteiger partial charge in [0.05, 0.1) is 6.42 Å². The molecule has 2 rings (SSSR count). The summed E-state index contributed by atoms with van der Waals surface area (Å²) in [6, 6.07) is 9.18. The SMILES string of the molecule is FC(F)(F)C[C@@H]1CNCCN1Cc1ccccc1. The molecule has 1 fully saturated rings. The molecule has 2 nitrogen and oxygen atoms in total. The van der Waals surface area contributed by atoms with Crippen molar-refractivity contribution >= 4 is 0 Å². The molecular weight excluding hydrogens is 241 g/mol. The van der Waals surface area contributed by atoms with Gasteiger partial charge < -0.3 is 5.32 Å². The third-order valence-electron chi connectivity index (χ3n) is 3.17. The molecule has 1 aliphatic heterocycles. The molecule has 18 heavy (non-hydrogen) atoms. The van der Waals surface area contributed by atoms with Crippen molar-refractivity contribution < 1.29 is 13.2 Å². The van der Waals surface area contributed by atoms with Crippen LogP contribution in [-0.2, 0) is 6.54 Å². The molecule has 1 aromatic rings. The Labute approximate surface area is 105 Å². The van der Waals surface area contributed by atoms with Gasteiger partial charge in [-0.05, 0) is 5.56 Å². The predicted octanol–water partition coefficient (Wildman–Crippen LogP) is 2.41. The lowest BCUT2D eigenvalue weighted by Crippen LogP contribution is -2.52. The number of nitrogens with one attached hydrogen (secondary N) is 1. The number of piperazine rings is 1. The highest BCUT2D eigenvalue weighted by molar-refractivity contribution is 5.14. The maximum absolute atomic E-state index is 12.5. The number of benzene rings is 1. The summed E-state index contributed by atoms with van der Waals surface area (Å²) < 4.78 is 37.5. The van der Waals surface area contributed by atoms with Crippen LogP contribution in [0.1, 0.15) is 12.0 Å². The van der Waals surface area contributed by atoms with E-state index in [2.05, 4.69) is 5.32 Å². The van der Waals surface area contributed by atoms with Gasteiger partial charge in [-0.15, -0.1) is 0 Å². The summed E-state index contributed by atoms with van der Waals surface area (Å²) in [4.78, 5) is 1.92. The lowest BCUT2D eigenvalue weighted by atomic mass is 10.1. The maximum atomic E-state index is 12.5. The smallest absolute Gasteiger partial charge is 0.314 e. The van der Waals surface area contributed by atoms with E-state index in [0.29, 0.717) is 19.6 Å². The first-order chi connectivity index (χ1) is 8.54. The lowest BCUT2D eigenvalue weighted by molar-refractivity contribution is -0.149. The maximum Gasteiger partial charge on any atom is 0.390 e. The first-order valence-electron chi connectivity index (χ1n) is 6.10. The summed E-state index contributed by atoms with van der Waals surface area (Å²) in [5, 5.41) is 3.03. The number of hydrogen-bond acceptors (Lipinski definition) is 2. The quantitative estimate of drug-likeness (QED) is 0.895. The summed E-state index contributed by atoms with van der Waals surface area (Å²) in [6.45, 7) is 2.41. The summed E-state index contributed by atoms with van der Waals surface area (Å²) in [7, 11) is 0. The Morgan fingerprint density at radius 3 is 2.61 bits per heavy atom. The van der Waals surface area contributed by atoms with Crippen LogP contribution >= 0.6 is 0 Å². The van der Waals surface area contributed by atoms with Gasteiger partial charge in [-0.2, -0.15) is 13.2 Å². The molecule has 1 atom stereocenters. The Morgan fingerprint density at radius 2 is 1.94 bits per heavy atom. The highest BCUT2D eigenvalue weighted by Gasteiger charge is 2.35. The second-order valence-corrected chi connectivity index (χ2v) is 4.63. The van der Waals surface area contributed by atoms with E-state index in [-0.39, 0.29) is 0 Å². The summed E-state index contributed by atoms with van der Waals surface area (Å²) in [5.41, 5.74) is 1.06. The molecule has 0 saturated carbocycles.